The van der Waals surface area contributed by atoms with E-state index >= 15 is 0 Å². The highest BCUT2D eigenvalue weighted by atomic mass is 15.2. The molecule has 1 saturated heterocycles. The third-order valence-electron chi connectivity index (χ3n) is 4.08. The Balaban J connectivity index is 2.06. The van der Waals surface area contributed by atoms with Crippen molar-refractivity contribution in [3.05, 3.63) is 34.9 Å². The topological polar surface area (TPSA) is 3.24 Å². The number of rotatable bonds is 4. The summed E-state index contributed by atoms with van der Waals surface area (Å²) in [5.74, 6) is 0. The van der Waals surface area contributed by atoms with Crippen molar-refractivity contribution in [2.24, 2.45) is 0 Å². The molecule has 1 heteroatoms. The van der Waals surface area contributed by atoms with E-state index in [0.717, 1.165) is 6.04 Å². The van der Waals surface area contributed by atoms with Gasteiger partial charge in [-0.2, -0.15) is 0 Å². The standard InChI is InChI=1S/C16H25N/c1-4-16(17-9-5-6-10-17)12-15-8-7-13(2)11-14(15)3/h7-8,11,16H,4-6,9-10,12H2,1-3H3. The van der Waals surface area contributed by atoms with Crippen LogP contribution in [0.2, 0.25) is 0 Å². The van der Waals surface area contributed by atoms with Crippen LogP contribution in [0, 0.1) is 13.8 Å². The molecule has 1 aliphatic heterocycles. The van der Waals surface area contributed by atoms with E-state index in [-0.39, 0.29) is 0 Å². The van der Waals surface area contributed by atoms with Crippen LogP contribution >= 0.6 is 0 Å². The lowest BCUT2D eigenvalue weighted by Crippen LogP contribution is -2.34. The number of hydrogen-bond acceptors (Lipinski definition) is 1. The fraction of sp³-hybridized carbons (Fsp3) is 0.625. The second-order valence-electron chi connectivity index (χ2n) is 5.44. The van der Waals surface area contributed by atoms with Gasteiger partial charge in [-0.1, -0.05) is 30.7 Å². The van der Waals surface area contributed by atoms with Crippen molar-refractivity contribution in [3.63, 3.8) is 0 Å². The van der Waals surface area contributed by atoms with Gasteiger partial charge in [0.15, 0.2) is 0 Å². The minimum atomic E-state index is 0.749. The van der Waals surface area contributed by atoms with Crippen LogP contribution in [0.25, 0.3) is 0 Å². The summed E-state index contributed by atoms with van der Waals surface area (Å²) in [5.41, 5.74) is 4.37. The number of nitrogens with zero attached hydrogens (tertiary/aromatic N) is 1. The molecule has 0 amide bonds. The molecule has 0 aromatic heterocycles. The van der Waals surface area contributed by atoms with Gasteiger partial charge in [0.25, 0.3) is 0 Å². The van der Waals surface area contributed by atoms with Gasteiger partial charge in [-0.3, -0.25) is 0 Å². The second-order valence-corrected chi connectivity index (χ2v) is 5.44. The van der Waals surface area contributed by atoms with Gasteiger partial charge in [-0.05, 0) is 63.7 Å². The SMILES string of the molecule is CCC(Cc1ccc(C)cc1C)N1CCCC1. The molecular formula is C16H25N. The normalized spacial score (nSPS) is 18.5. The van der Waals surface area contributed by atoms with E-state index in [9.17, 15) is 0 Å². The monoisotopic (exact) mass is 231 g/mol. The number of aryl methyl sites for hydroxylation is 2. The van der Waals surface area contributed by atoms with Gasteiger partial charge >= 0.3 is 0 Å². The Bertz CT molecular complexity index is 364. The lowest BCUT2D eigenvalue weighted by molar-refractivity contribution is 0.234. The first-order chi connectivity index (χ1) is 8.20. The Kier molecular flexibility index (Phi) is 4.22. The Hall–Kier alpha value is -0.820. The van der Waals surface area contributed by atoms with Gasteiger partial charge in [0, 0.05) is 6.04 Å². The molecule has 1 unspecified atom stereocenters. The van der Waals surface area contributed by atoms with E-state index < -0.39 is 0 Å². The molecule has 2 rings (SSSR count). The summed E-state index contributed by atoms with van der Waals surface area (Å²) >= 11 is 0. The predicted octanol–water partition coefficient (Wildman–Crippen LogP) is 3.72. The van der Waals surface area contributed by atoms with E-state index in [1.54, 1.807) is 0 Å². The minimum Gasteiger partial charge on any atom is -0.300 e. The molecule has 17 heavy (non-hydrogen) atoms. The second kappa shape index (κ2) is 5.68. The van der Waals surface area contributed by atoms with Gasteiger partial charge in [-0.25, -0.2) is 0 Å². The van der Waals surface area contributed by atoms with Gasteiger partial charge < -0.3 is 4.90 Å². The molecule has 1 fully saturated rings. The zero-order valence-corrected chi connectivity index (χ0v) is 11.5. The van der Waals surface area contributed by atoms with E-state index in [1.807, 2.05) is 0 Å². The molecule has 1 aromatic carbocycles. The summed E-state index contributed by atoms with van der Waals surface area (Å²) in [5, 5.41) is 0. The minimum absolute atomic E-state index is 0.749. The molecule has 1 heterocycles. The summed E-state index contributed by atoms with van der Waals surface area (Å²) in [6.45, 7) is 9.37. The fourth-order valence-electron chi connectivity index (χ4n) is 2.97. The van der Waals surface area contributed by atoms with E-state index in [4.69, 9.17) is 0 Å². The predicted molar refractivity (Wildman–Crippen MR) is 74.5 cm³/mol. The Labute approximate surface area is 106 Å². The maximum Gasteiger partial charge on any atom is 0.0133 e. The summed E-state index contributed by atoms with van der Waals surface area (Å²) in [7, 11) is 0. The third-order valence-corrected chi connectivity index (χ3v) is 4.08. The summed E-state index contributed by atoms with van der Waals surface area (Å²) < 4.78 is 0. The molecule has 94 valence electrons. The van der Waals surface area contributed by atoms with Gasteiger partial charge in [0.2, 0.25) is 0 Å². The van der Waals surface area contributed by atoms with Crippen molar-refractivity contribution in [2.45, 2.75) is 52.5 Å². The van der Waals surface area contributed by atoms with Crippen LogP contribution in [0.1, 0.15) is 42.9 Å². The Morgan fingerprint density at radius 3 is 2.47 bits per heavy atom. The first-order valence-electron chi connectivity index (χ1n) is 7.01. The highest BCUT2D eigenvalue weighted by molar-refractivity contribution is 5.31. The average molecular weight is 231 g/mol. The molecule has 0 aliphatic carbocycles. The Morgan fingerprint density at radius 1 is 1.18 bits per heavy atom. The summed E-state index contributed by atoms with van der Waals surface area (Å²) in [6.07, 6.45) is 5.28. The Morgan fingerprint density at radius 2 is 1.88 bits per heavy atom. The molecule has 0 spiro atoms. The lowest BCUT2D eigenvalue weighted by atomic mass is 9.97. The van der Waals surface area contributed by atoms with Crippen molar-refractivity contribution >= 4 is 0 Å². The van der Waals surface area contributed by atoms with Crippen molar-refractivity contribution in [2.75, 3.05) is 13.1 Å². The molecular weight excluding hydrogens is 206 g/mol. The van der Waals surface area contributed by atoms with Crippen LogP contribution in [-0.2, 0) is 6.42 Å². The molecule has 0 radical (unpaired) electrons. The van der Waals surface area contributed by atoms with E-state index in [1.165, 1.54) is 55.5 Å². The number of hydrogen-bond donors (Lipinski definition) is 0. The molecule has 0 saturated carbocycles. The maximum absolute atomic E-state index is 2.68. The smallest absolute Gasteiger partial charge is 0.0133 e. The zero-order chi connectivity index (χ0) is 12.3. The van der Waals surface area contributed by atoms with E-state index in [0.29, 0.717) is 0 Å². The maximum atomic E-state index is 2.68. The fourth-order valence-corrected chi connectivity index (χ4v) is 2.97. The van der Waals surface area contributed by atoms with E-state index in [2.05, 4.69) is 43.9 Å². The molecule has 1 atom stereocenters. The van der Waals surface area contributed by atoms with Gasteiger partial charge in [0.1, 0.15) is 0 Å². The van der Waals surface area contributed by atoms with Gasteiger partial charge in [-0.15, -0.1) is 0 Å². The van der Waals surface area contributed by atoms with Crippen molar-refractivity contribution in [3.8, 4) is 0 Å². The largest absolute Gasteiger partial charge is 0.300 e. The lowest BCUT2D eigenvalue weighted by Gasteiger charge is -2.27. The van der Waals surface area contributed by atoms with Crippen LogP contribution in [0.4, 0.5) is 0 Å². The molecule has 1 aromatic rings. The van der Waals surface area contributed by atoms with Crippen LogP contribution in [-0.4, -0.2) is 24.0 Å². The van der Waals surface area contributed by atoms with Gasteiger partial charge in [0.05, 0.1) is 0 Å². The zero-order valence-electron chi connectivity index (χ0n) is 11.5. The van der Waals surface area contributed by atoms with Crippen LogP contribution in [0.3, 0.4) is 0 Å². The van der Waals surface area contributed by atoms with Crippen LogP contribution in [0.15, 0.2) is 18.2 Å². The molecule has 1 nitrogen and oxygen atoms in total. The molecule has 0 bridgehead atoms. The van der Waals surface area contributed by atoms with Crippen LogP contribution < -0.4 is 0 Å². The van der Waals surface area contributed by atoms with Crippen molar-refractivity contribution < 1.29 is 0 Å². The highest BCUT2D eigenvalue weighted by Gasteiger charge is 2.20. The summed E-state index contributed by atoms with van der Waals surface area (Å²) in [4.78, 5) is 2.68. The summed E-state index contributed by atoms with van der Waals surface area (Å²) in [6, 6.07) is 7.63. The first-order valence-corrected chi connectivity index (χ1v) is 7.01. The average Bonchev–Trinajstić information content (AvgIpc) is 2.81. The quantitative estimate of drug-likeness (QED) is 0.763. The van der Waals surface area contributed by atoms with Crippen molar-refractivity contribution in [1.82, 2.24) is 4.90 Å². The number of likely N-dealkylation sites (tertiary alicyclic amines) is 1. The molecule has 1 aliphatic rings. The number of benzene rings is 1. The van der Waals surface area contributed by atoms with Crippen LogP contribution in [0.5, 0.6) is 0 Å². The molecule has 0 N–H and O–H groups in total. The van der Waals surface area contributed by atoms with Crippen molar-refractivity contribution in [1.29, 1.82) is 0 Å². The third kappa shape index (κ3) is 3.10. The first kappa shape index (κ1) is 12.6. The highest BCUT2D eigenvalue weighted by Crippen LogP contribution is 2.20.